The number of benzene rings is 1. The molecule has 0 aliphatic heterocycles. The van der Waals surface area contributed by atoms with Crippen molar-refractivity contribution in [2.45, 2.75) is 19.6 Å². The SMILES string of the molecule is CN=C(NCc1cn2cc(Br)ccc2n1)NCC(C)Oc1ccc(F)cc1. The van der Waals surface area contributed by atoms with Crippen LogP contribution in [0, 0.1) is 5.82 Å². The Labute approximate surface area is 165 Å². The minimum Gasteiger partial charge on any atom is -0.489 e. The third-order valence-corrected chi connectivity index (χ3v) is 4.30. The third-order valence-electron chi connectivity index (χ3n) is 3.83. The summed E-state index contributed by atoms with van der Waals surface area (Å²) in [6.07, 6.45) is 3.83. The van der Waals surface area contributed by atoms with E-state index in [9.17, 15) is 4.39 Å². The van der Waals surface area contributed by atoms with Gasteiger partial charge < -0.3 is 19.8 Å². The van der Waals surface area contributed by atoms with E-state index in [0.29, 0.717) is 24.8 Å². The van der Waals surface area contributed by atoms with E-state index in [1.165, 1.54) is 12.1 Å². The molecule has 0 aliphatic carbocycles. The number of hydrogen-bond acceptors (Lipinski definition) is 3. The molecule has 8 heteroatoms. The number of aromatic nitrogens is 2. The number of rotatable bonds is 6. The first-order valence-electron chi connectivity index (χ1n) is 8.53. The minimum atomic E-state index is -0.281. The molecule has 0 amide bonds. The molecule has 2 heterocycles. The van der Waals surface area contributed by atoms with Crippen molar-refractivity contribution in [1.82, 2.24) is 20.0 Å². The van der Waals surface area contributed by atoms with Crippen molar-refractivity contribution in [3.63, 3.8) is 0 Å². The zero-order chi connectivity index (χ0) is 19.2. The Hall–Kier alpha value is -2.61. The number of hydrogen-bond donors (Lipinski definition) is 2. The number of pyridine rings is 1. The Balaban J connectivity index is 1.49. The first-order valence-corrected chi connectivity index (χ1v) is 9.32. The van der Waals surface area contributed by atoms with Crippen molar-refractivity contribution in [3.05, 3.63) is 64.8 Å². The van der Waals surface area contributed by atoms with Gasteiger partial charge >= 0.3 is 0 Å². The summed E-state index contributed by atoms with van der Waals surface area (Å²) >= 11 is 3.45. The van der Waals surface area contributed by atoms with Crippen molar-refractivity contribution in [3.8, 4) is 5.75 Å². The van der Waals surface area contributed by atoms with Gasteiger partial charge in [0.2, 0.25) is 0 Å². The number of halogens is 2. The summed E-state index contributed by atoms with van der Waals surface area (Å²) in [4.78, 5) is 8.77. The smallest absolute Gasteiger partial charge is 0.191 e. The van der Waals surface area contributed by atoms with E-state index in [1.807, 2.05) is 35.9 Å². The first kappa shape index (κ1) is 19.2. The topological polar surface area (TPSA) is 63.0 Å². The summed E-state index contributed by atoms with van der Waals surface area (Å²) < 4.78 is 21.6. The second kappa shape index (κ2) is 8.85. The fourth-order valence-corrected chi connectivity index (χ4v) is 2.88. The molecular formula is C19H21BrFN5O. The van der Waals surface area contributed by atoms with Gasteiger partial charge in [0.15, 0.2) is 5.96 Å². The van der Waals surface area contributed by atoms with Crippen LogP contribution >= 0.6 is 15.9 Å². The maximum atomic E-state index is 12.9. The van der Waals surface area contributed by atoms with Gasteiger partial charge in [-0.05, 0) is 59.3 Å². The van der Waals surface area contributed by atoms with Crippen molar-refractivity contribution >= 4 is 27.5 Å². The molecule has 3 aromatic rings. The Kier molecular flexibility index (Phi) is 6.28. The zero-order valence-electron chi connectivity index (χ0n) is 15.1. The molecule has 0 fully saturated rings. The second-order valence-corrected chi connectivity index (χ2v) is 6.95. The van der Waals surface area contributed by atoms with Crippen molar-refractivity contribution in [2.24, 2.45) is 4.99 Å². The van der Waals surface area contributed by atoms with Gasteiger partial charge in [-0.2, -0.15) is 0 Å². The molecule has 1 aromatic carbocycles. The van der Waals surface area contributed by atoms with E-state index in [1.54, 1.807) is 19.2 Å². The largest absolute Gasteiger partial charge is 0.489 e. The molecule has 27 heavy (non-hydrogen) atoms. The Morgan fingerprint density at radius 3 is 2.74 bits per heavy atom. The number of imidazole rings is 1. The maximum absolute atomic E-state index is 12.9. The lowest BCUT2D eigenvalue weighted by molar-refractivity contribution is 0.223. The van der Waals surface area contributed by atoms with Gasteiger partial charge in [0.1, 0.15) is 23.3 Å². The molecule has 3 rings (SSSR count). The average Bonchev–Trinajstić information content (AvgIpc) is 3.05. The van der Waals surface area contributed by atoms with Gasteiger partial charge in [-0.25, -0.2) is 9.37 Å². The number of ether oxygens (including phenoxy) is 1. The molecule has 1 atom stereocenters. The Morgan fingerprint density at radius 1 is 1.22 bits per heavy atom. The minimum absolute atomic E-state index is 0.110. The van der Waals surface area contributed by atoms with Gasteiger partial charge in [-0.15, -0.1) is 0 Å². The van der Waals surface area contributed by atoms with Crippen LogP contribution in [0.25, 0.3) is 5.65 Å². The highest BCUT2D eigenvalue weighted by Gasteiger charge is 2.07. The highest BCUT2D eigenvalue weighted by molar-refractivity contribution is 9.10. The second-order valence-electron chi connectivity index (χ2n) is 6.03. The van der Waals surface area contributed by atoms with Crippen LogP contribution < -0.4 is 15.4 Å². The Morgan fingerprint density at radius 2 is 2.00 bits per heavy atom. The van der Waals surface area contributed by atoms with Crippen molar-refractivity contribution in [1.29, 1.82) is 0 Å². The van der Waals surface area contributed by atoms with Crippen LogP contribution in [0.3, 0.4) is 0 Å². The average molecular weight is 434 g/mol. The van der Waals surface area contributed by atoms with E-state index >= 15 is 0 Å². The van der Waals surface area contributed by atoms with Gasteiger partial charge in [0.05, 0.1) is 18.8 Å². The highest BCUT2D eigenvalue weighted by Crippen LogP contribution is 2.13. The van der Waals surface area contributed by atoms with E-state index in [4.69, 9.17) is 4.74 Å². The molecule has 0 aliphatic rings. The molecule has 6 nitrogen and oxygen atoms in total. The van der Waals surface area contributed by atoms with Crippen LogP contribution in [-0.4, -0.2) is 35.0 Å². The summed E-state index contributed by atoms with van der Waals surface area (Å²) in [7, 11) is 1.71. The fraction of sp³-hybridized carbons (Fsp3) is 0.263. The third kappa shape index (κ3) is 5.43. The van der Waals surface area contributed by atoms with E-state index in [2.05, 4.69) is 36.5 Å². The lowest BCUT2D eigenvalue weighted by Gasteiger charge is -2.17. The molecule has 2 N–H and O–H groups in total. The summed E-state index contributed by atoms with van der Waals surface area (Å²) in [5, 5.41) is 6.45. The number of nitrogens with zero attached hydrogens (tertiary/aromatic N) is 3. The monoisotopic (exact) mass is 433 g/mol. The van der Waals surface area contributed by atoms with Gasteiger partial charge in [0.25, 0.3) is 0 Å². The van der Waals surface area contributed by atoms with Crippen molar-refractivity contribution < 1.29 is 9.13 Å². The normalized spacial score (nSPS) is 12.8. The maximum Gasteiger partial charge on any atom is 0.191 e. The standard InChI is InChI=1S/C19H21BrFN5O/c1-13(27-17-6-4-15(21)5-7-17)9-23-19(22-2)24-10-16-12-26-11-14(20)3-8-18(26)25-16/h3-8,11-13H,9-10H2,1-2H3,(H2,22,23,24). The lowest BCUT2D eigenvalue weighted by atomic mass is 10.3. The summed E-state index contributed by atoms with van der Waals surface area (Å²) in [5.74, 6) is 1.00. The molecule has 142 valence electrons. The van der Waals surface area contributed by atoms with Crippen LogP contribution in [0.1, 0.15) is 12.6 Å². The molecule has 0 saturated carbocycles. The number of fused-ring (bicyclic) bond motifs is 1. The van der Waals surface area contributed by atoms with Crippen LogP contribution in [0.4, 0.5) is 4.39 Å². The van der Waals surface area contributed by atoms with Crippen LogP contribution in [0.15, 0.2) is 58.3 Å². The summed E-state index contributed by atoms with van der Waals surface area (Å²) in [5.41, 5.74) is 1.80. The molecule has 0 bridgehead atoms. The molecular weight excluding hydrogens is 413 g/mol. The fourth-order valence-electron chi connectivity index (χ4n) is 2.52. The van der Waals surface area contributed by atoms with Crippen LogP contribution in [0.2, 0.25) is 0 Å². The van der Waals surface area contributed by atoms with Gasteiger partial charge in [0, 0.05) is 23.9 Å². The van der Waals surface area contributed by atoms with Gasteiger partial charge in [-0.3, -0.25) is 4.99 Å². The summed E-state index contributed by atoms with van der Waals surface area (Å²) in [6, 6.07) is 9.89. The highest BCUT2D eigenvalue weighted by atomic mass is 79.9. The van der Waals surface area contributed by atoms with Crippen LogP contribution in [0.5, 0.6) is 5.75 Å². The molecule has 1 unspecified atom stereocenters. The van der Waals surface area contributed by atoms with Crippen molar-refractivity contribution in [2.75, 3.05) is 13.6 Å². The molecule has 0 saturated heterocycles. The molecule has 0 spiro atoms. The zero-order valence-corrected chi connectivity index (χ0v) is 16.7. The Bertz CT molecular complexity index is 925. The number of nitrogens with one attached hydrogen (secondary N) is 2. The van der Waals surface area contributed by atoms with E-state index in [0.717, 1.165) is 15.8 Å². The predicted octanol–water partition coefficient (Wildman–Crippen LogP) is 3.37. The van der Waals surface area contributed by atoms with E-state index in [-0.39, 0.29) is 11.9 Å². The number of guanidine groups is 1. The first-order chi connectivity index (χ1) is 13.0. The molecule has 2 aromatic heterocycles. The quantitative estimate of drug-likeness (QED) is 0.462. The molecule has 0 radical (unpaired) electrons. The van der Waals surface area contributed by atoms with E-state index < -0.39 is 0 Å². The van der Waals surface area contributed by atoms with Gasteiger partial charge in [-0.1, -0.05) is 0 Å². The predicted molar refractivity (Wildman–Crippen MR) is 108 cm³/mol. The van der Waals surface area contributed by atoms with Crippen LogP contribution in [-0.2, 0) is 6.54 Å². The summed E-state index contributed by atoms with van der Waals surface area (Å²) in [6.45, 7) is 3.03. The number of aliphatic imine (C=N–C) groups is 1. The lowest BCUT2D eigenvalue weighted by Crippen LogP contribution is -2.41.